The zero-order valence-corrected chi connectivity index (χ0v) is 14.4. The van der Waals surface area contributed by atoms with Crippen molar-refractivity contribution in [3.05, 3.63) is 69.4 Å². The average Bonchev–Trinajstić information content (AvgIpc) is 2.56. The molecule has 25 heavy (non-hydrogen) atoms. The van der Waals surface area contributed by atoms with Gasteiger partial charge in [0.1, 0.15) is 4.90 Å². The number of hydrogen-bond acceptors (Lipinski definition) is 6. The number of aryl methyl sites for hydroxylation is 1. The largest absolute Gasteiger partial charge is 0.377 e. The summed E-state index contributed by atoms with van der Waals surface area (Å²) in [5, 5.41) is 11.0. The first-order valence-electron chi connectivity index (χ1n) is 7.02. The van der Waals surface area contributed by atoms with Crippen LogP contribution in [0.25, 0.3) is 10.9 Å². The molecule has 0 spiro atoms. The van der Waals surface area contributed by atoms with Crippen LogP contribution in [0.1, 0.15) is 5.56 Å². The van der Waals surface area contributed by atoms with E-state index in [1.54, 1.807) is 24.4 Å². The Kier molecular flexibility index (Phi) is 4.32. The predicted molar refractivity (Wildman–Crippen MR) is 92.4 cm³/mol. The number of hydrogen-bond donors (Lipinski definition) is 0. The molecule has 0 fully saturated rings. The summed E-state index contributed by atoms with van der Waals surface area (Å²) in [6, 6.07) is 9.60. The topological polar surface area (TPSA) is 99.4 Å². The van der Waals surface area contributed by atoms with Crippen LogP contribution in [0.3, 0.4) is 0 Å². The van der Waals surface area contributed by atoms with E-state index in [9.17, 15) is 18.5 Å². The Balaban J connectivity index is 2.07. The quantitative estimate of drug-likeness (QED) is 0.388. The number of fused-ring (bicyclic) bond motifs is 1. The molecule has 0 atom stereocenters. The summed E-state index contributed by atoms with van der Waals surface area (Å²) in [5.41, 5.74) is 1.10. The standard InChI is InChI=1S/C16H11ClN2O5S/c1-10-4-7-15(12-3-2-8-18-16(10)12)25(22,23)24-14-6-5-11(19(20)21)9-13(14)17/h2-9H,1H3. The van der Waals surface area contributed by atoms with Gasteiger partial charge < -0.3 is 4.18 Å². The summed E-state index contributed by atoms with van der Waals surface area (Å²) in [7, 11) is -4.21. The van der Waals surface area contributed by atoms with Gasteiger partial charge in [0, 0.05) is 23.7 Å². The van der Waals surface area contributed by atoms with Crippen molar-refractivity contribution >= 4 is 38.3 Å². The van der Waals surface area contributed by atoms with E-state index >= 15 is 0 Å². The van der Waals surface area contributed by atoms with Gasteiger partial charge in [0.25, 0.3) is 5.69 Å². The number of non-ortho nitro benzene ring substituents is 1. The zero-order valence-electron chi connectivity index (χ0n) is 12.8. The molecule has 0 bridgehead atoms. The minimum absolute atomic E-state index is 0.0596. The van der Waals surface area contributed by atoms with Crippen LogP contribution in [0.2, 0.25) is 5.02 Å². The number of aromatic nitrogens is 1. The van der Waals surface area contributed by atoms with Gasteiger partial charge in [-0.3, -0.25) is 15.1 Å². The van der Waals surface area contributed by atoms with Gasteiger partial charge >= 0.3 is 10.1 Å². The predicted octanol–water partition coefficient (Wildman–Crippen LogP) is 3.87. The van der Waals surface area contributed by atoms with Crippen molar-refractivity contribution in [2.75, 3.05) is 0 Å². The van der Waals surface area contributed by atoms with E-state index in [0.29, 0.717) is 10.9 Å². The van der Waals surface area contributed by atoms with Gasteiger partial charge in [0.2, 0.25) is 0 Å². The Hall–Kier alpha value is -2.71. The summed E-state index contributed by atoms with van der Waals surface area (Å²) >= 11 is 5.90. The van der Waals surface area contributed by atoms with Gasteiger partial charge in [-0.05, 0) is 36.8 Å². The highest BCUT2D eigenvalue weighted by molar-refractivity contribution is 7.87. The molecule has 1 heterocycles. The van der Waals surface area contributed by atoms with Gasteiger partial charge in [-0.1, -0.05) is 17.7 Å². The molecule has 3 rings (SSSR count). The average molecular weight is 379 g/mol. The van der Waals surface area contributed by atoms with E-state index in [-0.39, 0.29) is 21.4 Å². The molecule has 7 nitrogen and oxygen atoms in total. The van der Waals surface area contributed by atoms with Crippen molar-refractivity contribution in [3.63, 3.8) is 0 Å². The highest BCUT2D eigenvalue weighted by Crippen LogP contribution is 2.32. The van der Waals surface area contributed by atoms with E-state index in [1.165, 1.54) is 6.07 Å². The highest BCUT2D eigenvalue weighted by Gasteiger charge is 2.23. The first-order chi connectivity index (χ1) is 11.8. The molecule has 0 unspecified atom stereocenters. The molecular weight excluding hydrogens is 368 g/mol. The van der Waals surface area contributed by atoms with E-state index in [4.69, 9.17) is 15.8 Å². The van der Waals surface area contributed by atoms with Crippen molar-refractivity contribution in [2.24, 2.45) is 0 Å². The monoisotopic (exact) mass is 378 g/mol. The van der Waals surface area contributed by atoms with Crippen LogP contribution in [-0.4, -0.2) is 18.3 Å². The zero-order chi connectivity index (χ0) is 18.2. The number of halogens is 1. The summed E-state index contributed by atoms with van der Waals surface area (Å²) < 4.78 is 30.4. The summed E-state index contributed by atoms with van der Waals surface area (Å²) in [5.74, 6) is -0.190. The fraction of sp³-hybridized carbons (Fsp3) is 0.0625. The maximum Gasteiger partial charge on any atom is 0.339 e. The second kappa shape index (κ2) is 6.30. The van der Waals surface area contributed by atoms with E-state index in [2.05, 4.69) is 4.98 Å². The van der Waals surface area contributed by atoms with Gasteiger partial charge in [0.15, 0.2) is 5.75 Å². The molecular formula is C16H11ClN2O5S. The maximum absolute atomic E-state index is 12.7. The molecule has 0 aliphatic heterocycles. The molecule has 0 saturated carbocycles. The van der Waals surface area contributed by atoms with Gasteiger partial charge in [0.05, 0.1) is 15.5 Å². The van der Waals surface area contributed by atoms with Crippen molar-refractivity contribution in [2.45, 2.75) is 11.8 Å². The molecule has 2 aromatic carbocycles. The van der Waals surface area contributed by atoms with Gasteiger partial charge in [-0.15, -0.1) is 0 Å². The number of benzene rings is 2. The molecule has 0 amide bonds. The molecule has 0 aliphatic rings. The third-order valence-electron chi connectivity index (χ3n) is 3.53. The van der Waals surface area contributed by atoms with Gasteiger partial charge in [-0.25, -0.2) is 0 Å². The van der Waals surface area contributed by atoms with Crippen LogP contribution in [0.4, 0.5) is 5.69 Å². The van der Waals surface area contributed by atoms with Crippen molar-refractivity contribution in [3.8, 4) is 5.75 Å². The van der Waals surface area contributed by atoms with Crippen LogP contribution in [0.5, 0.6) is 5.75 Å². The fourth-order valence-corrected chi connectivity index (χ4v) is 3.74. The van der Waals surface area contributed by atoms with Crippen LogP contribution < -0.4 is 4.18 Å². The minimum Gasteiger partial charge on any atom is -0.377 e. The second-order valence-electron chi connectivity index (χ2n) is 5.19. The van der Waals surface area contributed by atoms with E-state index < -0.39 is 15.0 Å². The first-order valence-corrected chi connectivity index (χ1v) is 8.81. The van der Waals surface area contributed by atoms with Crippen LogP contribution in [-0.2, 0) is 10.1 Å². The molecule has 128 valence electrons. The Morgan fingerprint density at radius 2 is 1.96 bits per heavy atom. The minimum atomic E-state index is -4.21. The Labute approximate surface area is 148 Å². The molecule has 0 aliphatic carbocycles. The molecule has 0 saturated heterocycles. The Morgan fingerprint density at radius 1 is 1.20 bits per heavy atom. The number of nitro benzene ring substituents is 1. The summed E-state index contributed by atoms with van der Waals surface area (Å²) in [6.45, 7) is 1.82. The lowest BCUT2D eigenvalue weighted by atomic mass is 10.1. The molecule has 0 radical (unpaired) electrons. The number of rotatable bonds is 4. The number of pyridine rings is 1. The van der Waals surface area contributed by atoms with Gasteiger partial charge in [-0.2, -0.15) is 8.42 Å². The first kappa shape index (κ1) is 17.1. The van der Waals surface area contributed by atoms with E-state index in [0.717, 1.165) is 23.8 Å². The lowest BCUT2D eigenvalue weighted by molar-refractivity contribution is -0.384. The van der Waals surface area contributed by atoms with Crippen molar-refractivity contribution < 1.29 is 17.5 Å². The molecule has 3 aromatic rings. The summed E-state index contributed by atoms with van der Waals surface area (Å²) in [6.07, 6.45) is 1.57. The lowest BCUT2D eigenvalue weighted by Crippen LogP contribution is -2.11. The fourth-order valence-electron chi connectivity index (χ4n) is 2.34. The van der Waals surface area contributed by atoms with Crippen LogP contribution in [0.15, 0.2) is 53.6 Å². The van der Waals surface area contributed by atoms with Crippen LogP contribution in [0, 0.1) is 17.0 Å². The van der Waals surface area contributed by atoms with Crippen molar-refractivity contribution in [1.82, 2.24) is 4.98 Å². The second-order valence-corrected chi connectivity index (χ2v) is 7.11. The highest BCUT2D eigenvalue weighted by atomic mass is 35.5. The normalized spacial score (nSPS) is 11.4. The SMILES string of the molecule is Cc1ccc(S(=O)(=O)Oc2ccc([N+](=O)[O-])cc2Cl)c2cccnc12. The lowest BCUT2D eigenvalue weighted by Gasteiger charge is -2.11. The Morgan fingerprint density at radius 3 is 2.64 bits per heavy atom. The molecule has 9 heteroatoms. The third-order valence-corrected chi connectivity index (χ3v) is 5.12. The van der Waals surface area contributed by atoms with Crippen LogP contribution >= 0.6 is 11.6 Å². The number of nitro groups is 1. The van der Waals surface area contributed by atoms with E-state index in [1.807, 2.05) is 6.92 Å². The number of nitrogens with zero attached hydrogens (tertiary/aromatic N) is 2. The summed E-state index contributed by atoms with van der Waals surface area (Å²) in [4.78, 5) is 14.2. The van der Waals surface area contributed by atoms with Crippen molar-refractivity contribution in [1.29, 1.82) is 0 Å². The molecule has 1 aromatic heterocycles. The Bertz CT molecular complexity index is 1100. The third kappa shape index (κ3) is 3.26. The molecule has 0 N–H and O–H groups in total. The maximum atomic E-state index is 12.7. The smallest absolute Gasteiger partial charge is 0.339 e.